The molecule has 0 aliphatic carbocycles. The Morgan fingerprint density at radius 2 is 2.17 bits per heavy atom. The Morgan fingerprint density at radius 1 is 1.50 bits per heavy atom. The van der Waals surface area contributed by atoms with Crippen molar-refractivity contribution in [2.24, 2.45) is 4.99 Å². The van der Waals surface area contributed by atoms with Crippen molar-refractivity contribution in [3.8, 4) is 0 Å². The lowest BCUT2D eigenvalue weighted by Gasteiger charge is -2.26. The summed E-state index contributed by atoms with van der Waals surface area (Å²) < 4.78 is 0. The van der Waals surface area contributed by atoms with Gasteiger partial charge in [0.05, 0.1) is 0 Å². The number of hydrogen-bond donors (Lipinski definition) is 1. The summed E-state index contributed by atoms with van der Waals surface area (Å²) in [5, 5.41) is 3.44. The van der Waals surface area contributed by atoms with Crippen LogP contribution < -0.4 is 5.32 Å². The highest BCUT2D eigenvalue weighted by molar-refractivity contribution is 6.02. The molecule has 0 amide bonds. The third-order valence-corrected chi connectivity index (χ3v) is 2.36. The lowest BCUT2D eigenvalue weighted by molar-refractivity contribution is 0.603. The van der Waals surface area contributed by atoms with Crippen LogP contribution in [0.1, 0.15) is 27.2 Å². The summed E-state index contributed by atoms with van der Waals surface area (Å²) in [6.45, 7) is 7.57. The van der Waals surface area contributed by atoms with Gasteiger partial charge in [0, 0.05) is 31.8 Å². The Labute approximate surface area is 74.8 Å². The number of piperidine rings is 1. The fraction of sp³-hybridized carbons (Fsp3) is 0.700. The van der Waals surface area contributed by atoms with E-state index in [0.717, 1.165) is 13.0 Å². The van der Waals surface area contributed by atoms with Crippen molar-refractivity contribution in [2.75, 3.05) is 13.6 Å². The first-order valence-electron chi connectivity index (χ1n) is 4.53. The molecule has 1 aliphatic heterocycles. The first-order chi connectivity index (χ1) is 5.66. The van der Waals surface area contributed by atoms with E-state index in [-0.39, 0.29) is 0 Å². The number of hydrogen-bond acceptors (Lipinski definition) is 2. The molecule has 0 aromatic rings. The van der Waals surface area contributed by atoms with Gasteiger partial charge in [-0.05, 0) is 26.3 Å². The molecule has 0 radical (unpaired) electrons. The van der Waals surface area contributed by atoms with Gasteiger partial charge in [-0.1, -0.05) is 5.57 Å². The van der Waals surface area contributed by atoms with Crippen molar-refractivity contribution in [2.45, 2.75) is 33.2 Å². The van der Waals surface area contributed by atoms with Crippen molar-refractivity contribution < 1.29 is 0 Å². The van der Waals surface area contributed by atoms with Crippen molar-refractivity contribution >= 4 is 5.71 Å². The highest BCUT2D eigenvalue weighted by Crippen LogP contribution is 2.16. The molecule has 0 spiro atoms. The number of allylic oxidation sites excluding steroid dienone is 1. The lowest BCUT2D eigenvalue weighted by atomic mass is 9.93. The van der Waals surface area contributed by atoms with Gasteiger partial charge in [-0.2, -0.15) is 0 Å². The molecular weight excluding hydrogens is 148 g/mol. The number of nitrogens with zero attached hydrogens (tertiary/aromatic N) is 1. The Hall–Kier alpha value is -0.630. The quantitative estimate of drug-likeness (QED) is 0.583. The van der Waals surface area contributed by atoms with Crippen LogP contribution >= 0.6 is 0 Å². The van der Waals surface area contributed by atoms with E-state index in [1.165, 1.54) is 16.9 Å². The van der Waals surface area contributed by atoms with E-state index in [9.17, 15) is 0 Å². The first-order valence-corrected chi connectivity index (χ1v) is 4.53. The Kier molecular flexibility index (Phi) is 3.04. The minimum absolute atomic E-state index is 0.474. The largest absolute Gasteiger partial charge is 0.310 e. The summed E-state index contributed by atoms with van der Waals surface area (Å²) in [6.07, 6.45) is 1.07. The summed E-state index contributed by atoms with van der Waals surface area (Å²) in [4.78, 5) is 4.32. The van der Waals surface area contributed by atoms with Crippen LogP contribution in [0.5, 0.6) is 0 Å². The molecule has 2 heteroatoms. The van der Waals surface area contributed by atoms with E-state index in [0.29, 0.717) is 6.04 Å². The average Bonchev–Trinajstić information content (AvgIpc) is 2.03. The van der Waals surface area contributed by atoms with E-state index >= 15 is 0 Å². The van der Waals surface area contributed by atoms with Crippen molar-refractivity contribution in [1.29, 1.82) is 0 Å². The van der Waals surface area contributed by atoms with Gasteiger partial charge < -0.3 is 5.32 Å². The Bertz CT molecular complexity index is 222. The third-order valence-electron chi connectivity index (χ3n) is 2.36. The van der Waals surface area contributed by atoms with Gasteiger partial charge in [0.2, 0.25) is 0 Å². The highest BCUT2D eigenvalue weighted by Gasteiger charge is 2.19. The molecule has 1 heterocycles. The van der Waals surface area contributed by atoms with E-state index in [1.54, 1.807) is 0 Å². The van der Waals surface area contributed by atoms with Gasteiger partial charge in [-0.3, -0.25) is 4.99 Å². The molecule has 0 aromatic carbocycles. The third kappa shape index (κ3) is 1.75. The van der Waals surface area contributed by atoms with Gasteiger partial charge in [-0.25, -0.2) is 0 Å². The van der Waals surface area contributed by atoms with Crippen LogP contribution in [0.25, 0.3) is 0 Å². The molecule has 1 aliphatic rings. The van der Waals surface area contributed by atoms with Gasteiger partial charge in [-0.15, -0.1) is 0 Å². The molecule has 1 unspecified atom stereocenters. The zero-order valence-electron chi connectivity index (χ0n) is 8.44. The second-order valence-electron chi connectivity index (χ2n) is 3.51. The minimum Gasteiger partial charge on any atom is -0.310 e. The molecule has 0 saturated carbocycles. The normalized spacial score (nSPS) is 27.8. The number of aliphatic imine (C=N–C) groups is 1. The molecule has 1 rings (SSSR count). The van der Waals surface area contributed by atoms with Crippen LogP contribution in [0.2, 0.25) is 0 Å². The van der Waals surface area contributed by atoms with Crippen molar-refractivity contribution in [1.82, 2.24) is 5.32 Å². The Morgan fingerprint density at radius 3 is 2.58 bits per heavy atom. The molecule has 2 nitrogen and oxygen atoms in total. The summed E-state index contributed by atoms with van der Waals surface area (Å²) in [5.41, 5.74) is 4.07. The van der Waals surface area contributed by atoms with Crippen LogP contribution in [0.3, 0.4) is 0 Å². The topological polar surface area (TPSA) is 24.4 Å². The van der Waals surface area contributed by atoms with Gasteiger partial charge in [0.25, 0.3) is 0 Å². The molecule has 1 fully saturated rings. The predicted molar refractivity (Wildman–Crippen MR) is 53.8 cm³/mol. The molecule has 0 aromatic heterocycles. The highest BCUT2D eigenvalue weighted by atomic mass is 14.9. The molecule has 0 bridgehead atoms. The smallest absolute Gasteiger partial charge is 0.0404 e. The molecule has 68 valence electrons. The van der Waals surface area contributed by atoms with Crippen molar-refractivity contribution in [3.05, 3.63) is 11.1 Å². The average molecular weight is 166 g/mol. The second-order valence-corrected chi connectivity index (χ2v) is 3.51. The zero-order valence-corrected chi connectivity index (χ0v) is 8.44. The summed E-state index contributed by atoms with van der Waals surface area (Å²) in [6, 6.07) is 0.474. The number of rotatable bonds is 0. The molecule has 1 saturated heterocycles. The van der Waals surface area contributed by atoms with Gasteiger partial charge >= 0.3 is 0 Å². The maximum atomic E-state index is 4.32. The zero-order chi connectivity index (χ0) is 9.14. The Balaban J connectivity index is 2.97. The molecule has 1 atom stereocenters. The van der Waals surface area contributed by atoms with Crippen LogP contribution in [0.4, 0.5) is 0 Å². The number of nitrogens with one attached hydrogen (secondary N) is 1. The summed E-state index contributed by atoms with van der Waals surface area (Å²) in [7, 11) is 1.89. The first kappa shape index (κ1) is 9.46. The van der Waals surface area contributed by atoms with E-state index in [2.05, 4.69) is 31.1 Å². The molecule has 1 N–H and O–H groups in total. The van der Waals surface area contributed by atoms with E-state index < -0.39 is 0 Å². The maximum Gasteiger partial charge on any atom is 0.0404 e. The summed E-state index contributed by atoms with van der Waals surface area (Å²) >= 11 is 0. The predicted octanol–water partition coefficient (Wildman–Crippen LogP) is 1.78. The fourth-order valence-corrected chi connectivity index (χ4v) is 1.85. The van der Waals surface area contributed by atoms with Crippen LogP contribution in [0, 0.1) is 0 Å². The van der Waals surface area contributed by atoms with Gasteiger partial charge in [0.1, 0.15) is 0 Å². The minimum atomic E-state index is 0.474. The van der Waals surface area contributed by atoms with Crippen molar-refractivity contribution in [3.63, 3.8) is 0 Å². The lowest BCUT2D eigenvalue weighted by Crippen LogP contribution is -2.39. The maximum absolute atomic E-state index is 4.32. The standard InChI is InChI=1S/C10H18N2/c1-7(2)10-8(3)12-6-5-9(10)11-4/h8,12H,5-6H2,1-4H3. The fourth-order valence-electron chi connectivity index (χ4n) is 1.85. The SMILES string of the molecule is CN=C1CCNC(C)C1=C(C)C. The second kappa shape index (κ2) is 3.85. The van der Waals surface area contributed by atoms with Crippen LogP contribution in [-0.2, 0) is 0 Å². The van der Waals surface area contributed by atoms with Crippen LogP contribution in [0.15, 0.2) is 16.1 Å². The van der Waals surface area contributed by atoms with E-state index in [4.69, 9.17) is 0 Å². The monoisotopic (exact) mass is 166 g/mol. The van der Waals surface area contributed by atoms with E-state index in [1.807, 2.05) is 7.05 Å². The molecule has 12 heavy (non-hydrogen) atoms. The van der Waals surface area contributed by atoms with Crippen LogP contribution in [-0.4, -0.2) is 25.3 Å². The summed E-state index contributed by atoms with van der Waals surface area (Å²) in [5.74, 6) is 0. The van der Waals surface area contributed by atoms with Gasteiger partial charge in [0.15, 0.2) is 0 Å². The molecular formula is C10H18N2.